The van der Waals surface area contributed by atoms with Crippen molar-refractivity contribution in [1.82, 2.24) is 10.2 Å². The molecular formula is C14H24N2O3S. The fraction of sp³-hybridized carbons (Fsp3) is 0.857. The van der Waals surface area contributed by atoms with Crippen LogP contribution >= 0.6 is 11.8 Å². The molecule has 114 valence electrons. The molecule has 0 radical (unpaired) electrons. The molecule has 2 fully saturated rings. The summed E-state index contributed by atoms with van der Waals surface area (Å²) in [7, 11) is 0. The summed E-state index contributed by atoms with van der Waals surface area (Å²) in [6, 6.07) is -0.800. The molecule has 0 aromatic rings. The second kappa shape index (κ2) is 6.24. The van der Waals surface area contributed by atoms with Gasteiger partial charge >= 0.3 is 12.0 Å². The quantitative estimate of drug-likeness (QED) is 0.836. The van der Waals surface area contributed by atoms with Crippen molar-refractivity contribution in [3.8, 4) is 0 Å². The molecule has 0 aromatic carbocycles. The van der Waals surface area contributed by atoms with Gasteiger partial charge < -0.3 is 10.4 Å². The van der Waals surface area contributed by atoms with Gasteiger partial charge in [0, 0.05) is 11.8 Å². The Kier molecular flexibility index (Phi) is 4.83. The molecule has 0 spiro atoms. The lowest BCUT2D eigenvalue weighted by molar-refractivity contribution is -0.141. The number of carbonyl (C=O) groups excluding carboxylic acids is 1. The highest BCUT2D eigenvalue weighted by atomic mass is 32.2. The molecule has 2 N–H and O–H groups in total. The maximum absolute atomic E-state index is 12.5. The van der Waals surface area contributed by atoms with Crippen molar-refractivity contribution in [3.05, 3.63) is 0 Å². The zero-order valence-electron chi connectivity index (χ0n) is 12.3. The first-order valence-electron chi connectivity index (χ1n) is 7.35. The minimum absolute atomic E-state index is 0.0512. The number of aliphatic carboxylic acids is 1. The largest absolute Gasteiger partial charge is 0.480 e. The highest BCUT2D eigenvalue weighted by Gasteiger charge is 2.43. The summed E-state index contributed by atoms with van der Waals surface area (Å²) in [5.41, 5.74) is 0. The van der Waals surface area contributed by atoms with Gasteiger partial charge in [-0.15, -0.1) is 11.8 Å². The molecule has 2 amide bonds. The molecule has 0 aromatic heterocycles. The maximum atomic E-state index is 12.5. The Hall–Kier alpha value is -0.910. The maximum Gasteiger partial charge on any atom is 0.327 e. The molecule has 5 nitrogen and oxygen atoms in total. The zero-order valence-corrected chi connectivity index (χ0v) is 13.2. The number of amides is 2. The van der Waals surface area contributed by atoms with Gasteiger partial charge in [-0.05, 0) is 31.6 Å². The van der Waals surface area contributed by atoms with E-state index in [1.165, 1.54) is 11.3 Å². The van der Waals surface area contributed by atoms with Crippen LogP contribution in [0.15, 0.2) is 0 Å². The fourth-order valence-corrected chi connectivity index (χ4v) is 4.29. The van der Waals surface area contributed by atoms with Crippen molar-refractivity contribution in [1.29, 1.82) is 0 Å². The molecule has 1 saturated carbocycles. The number of carboxylic acid groups (broad SMARTS) is 1. The minimum atomic E-state index is -0.910. The molecule has 2 rings (SSSR count). The number of urea groups is 1. The average molecular weight is 300 g/mol. The lowest BCUT2D eigenvalue weighted by Crippen LogP contribution is -2.54. The van der Waals surface area contributed by atoms with Crippen LogP contribution in [0.3, 0.4) is 0 Å². The lowest BCUT2D eigenvalue weighted by atomic mass is 9.80. The van der Waals surface area contributed by atoms with Crippen molar-refractivity contribution < 1.29 is 14.7 Å². The highest BCUT2D eigenvalue weighted by Crippen LogP contribution is 2.35. The second-order valence-corrected chi connectivity index (χ2v) is 7.31. The Labute approximate surface area is 124 Å². The molecule has 1 aliphatic heterocycles. The van der Waals surface area contributed by atoms with Crippen LogP contribution in [0.4, 0.5) is 4.79 Å². The highest BCUT2D eigenvalue weighted by molar-refractivity contribution is 8.00. The number of carbonyl (C=O) groups is 2. The fourth-order valence-electron chi connectivity index (χ4n) is 2.82. The summed E-state index contributed by atoms with van der Waals surface area (Å²) in [4.78, 5) is 25.3. The predicted molar refractivity (Wildman–Crippen MR) is 79.7 cm³/mol. The number of hydrogen-bond donors (Lipinski definition) is 2. The van der Waals surface area contributed by atoms with Crippen LogP contribution in [0, 0.1) is 11.8 Å². The van der Waals surface area contributed by atoms with Gasteiger partial charge in [-0.25, -0.2) is 9.59 Å². The van der Waals surface area contributed by atoms with Gasteiger partial charge in [-0.3, -0.25) is 4.90 Å². The smallest absolute Gasteiger partial charge is 0.327 e. The van der Waals surface area contributed by atoms with Crippen LogP contribution in [0.25, 0.3) is 0 Å². The Balaban J connectivity index is 2.04. The molecule has 3 unspecified atom stereocenters. The van der Waals surface area contributed by atoms with Gasteiger partial charge in [0.05, 0.1) is 5.37 Å². The van der Waals surface area contributed by atoms with Crippen LogP contribution in [-0.4, -0.2) is 45.2 Å². The first-order valence-corrected chi connectivity index (χ1v) is 8.40. The van der Waals surface area contributed by atoms with Crippen LogP contribution in [-0.2, 0) is 4.79 Å². The number of hydrogen-bond acceptors (Lipinski definition) is 3. The van der Waals surface area contributed by atoms with Gasteiger partial charge in [-0.1, -0.05) is 20.3 Å². The first kappa shape index (κ1) is 15.5. The molecular weight excluding hydrogens is 276 g/mol. The van der Waals surface area contributed by atoms with Crippen LogP contribution in [0.2, 0.25) is 0 Å². The van der Waals surface area contributed by atoms with Gasteiger partial charge in [0.15, 0.2) is 0 Å². The topological polar surface area (TPSA) is 69.6 Å². The number of nitrogens with one attached hydrogen (secondary N) is 1. The summed E-state index contributed by atoms with van der Waals surface area (Å²) in [5.74, 6) is 0.361. The van der Waals surface area contributed by atoms with Crippen molar-refractivity contribution in [2.24, 2.45) is 11.8 Å². The van der Waals surface area contributed by atoms with E-state index in [0.717, 1.165) is 12.8 Å². The van der Waals surface area contributed by atoms with Crippen LogP contribution in [0.5, 0.6) is 0 Å². The standard InChI is InChI=1S/C14H24N2O3S/c1-8(2)12-16(11(7-20-12)13(17)18)14(19)15-9(3)10-5-4-6-10/h8-12H,4-7H2,1-3H3,(H,15,19)(H,17,18). The van der Waals surface area contributed by atoms with Crippen molar-refractivity contribution >= 4 is 23.8 Å². The molecule has 1 saturated heterocycles. The molecule has 6 heteroatoms. The second-order valence-electron chi connectivity index (χ2n) is 6.16. The monoisotopic (exact) mass is 300 g/mol. The van der Waals surface area contributed by atoms with E-state index < -0.39 is 12.0 Å². The molecule has 1 heterocycles. The van der Waals surface area contributed by atoms with Gasteiger partial charge in [0.25, 0.3) is 0 Å². The molecule has 1 aliphatic carbocycles. The van der Waals surface area contributed by atoms with E-state index in [1.807, 2.05) is 20.8 Å². The van der Waals surface area contributed by atoms with E-state index in [-0.39, 0.29) is 23.4 Å². The van der Waals surface area contributed by atoms with E-state index in [9.17, 15) is 14.7 Å². The average Bonchev–Trinajstić information content (AvgIpc) is 2.70. The summed E-state index contributed by atoms with van der Waals surface area (Å²) < 4.78 is 0. The first-order chi connectivity index (χ1) is 9.41. The number of rotatable bonds is 4. The number of carboxylic acids is 1. The van der Waals surface area contributed by atoms with Crippen LogP contribution < -0.4 is 5.32 Å². The van der Waals surface area contributed by atoms with Gasteiger partial charge in [0.1, 0.15) is 6.04 Å². The molecule has 3 atom stereocenters. The lowest BCUT2D eigenvalue weighted by Gasteiger charge is -2.35. The summed E-state index contributed by atoms with van der Waals surface area (Å²) in [5, 5.41) is 12.3. The Morgan fingerprint density at radius 3 is 2.40 bits per heavy atom. The molecule has 0 bridgehead atoms. The third-order valence-corrected chi connectivity index (χ3v) is 5.95. The molecule has 2 aliphatic rings. The van der Waals surface area contributed by atoms with Crippen molar-refractivity contribution in [2.75, 3.05) is 5.75 Å². The number of thioether (sulfide) groups is 1. The summed E-state index contributed by atoms with van der Waals surface area (Å²) >= 11 is 1.56. The van der Waals surface area contributed by atoms with Crippen molar-refractivity contribution in [3.63, 3.8) is 0 Å². The Morgan fingerprint density at radius 2 is 1.95 bits per heavy atom. The summed E-state index contributed by atoms with van der Waals surface area (Å²) in [6.07, 6.45) is 3.55. The van der Waals surface area contributed by atoms with Gasteiger partial charge in [0.2, 0.25) is 0 Å². The van der Waals surface area contributed by atoms with Crippen molar-refractivity contribution in [2.45, 2.75) is 57.5 Å². The third-order valence-electron chi connectivity index (χ3n) is 4.33. The Morgan fingerprint density at radius 1 is 1.30 bits per heavy atom. The normalized spacial score (nSPS) is 28.3. The SMILES string of the molecule is CC(C)C1SCC(C(=O)O)N1C(=O)NC(C)C1CCC1. The van der Waals surface area contributed by atoms with Gasteiger partial charge in [-0.2, -0.15) is 0 Å². The number of nitrogens with zero attached hydrogens (tertiary/aromatic N) is 1. The third kappa shape index (κ3) is 3.05. The van der Waals surface area contributed by atoms with Crippen LogP contribution in [0.1, 0.15) is 40.0 Å². The van der Waals surface area contributed by atoms with E-state index in [0.29, 0.717) is 11.7 Å². The zero-order chi connectivity index (χ0) is 14.9. The molecule has 20 heavy (non-hydrogen) atoms. The van der Waals surface area contributed by atoms with E-state index >= 15 is 0 Å². The van der Waals surface area contributed by atoms with E-state index in [2.05, 4.69) is 5.32 Å². The minimum Gasteiger partial charge on any atom is -0.480 e. The Bertz CT molecular complexity index is 385. The summed E-state index contributed by atoms with van der Waals surface area (Å²) in [6.45, 7) is 6.07. The van der Waals surface area contributed by atoms with E-state index in [4.69, 9.17) is 0 Å². The predicted octanol–water partition coefficient (Wildman–Crippen LogP) is 2.37. The van der Waals surface area contributed by atoms with E-state index in [1.54, 1.807) is 11.8 Å².